The van der Waals surface area contributed by atoms with Gasteiger partial charge >= 0.3 is 0 Å². The van der Waals surface area contributed by atoms with Crippen molar-refractivity contribution >= 4 is 17.5 Å². The molecule has 5 heteroatoms. The molecule has 1 fully saturated rings. The van der Waals surface area contributed by atoms with Gasteiger partial charge in [-0.05, 0) is 30.7 Å². The van der Waals surface area contributed by atoms with E-state index >= 15 is 0 Å². The molecule has 1 aliphatic rings. The molecule has 18 heavy (non-hydrogen) atoms. The smallest absolute Gasteiger partial charge is 0.254 e. The molecule has 1 aromatic rings. The van der Waals surface area contributed by atoms with Crippen molar-refractivity contribution in [3.63, 3.8) is 0 Å². The topological polar surface area (TPSA) is 49.8 Å². The van der Waals surface area contributed by atoms with Gasteiger partial charge in [0, 0.05) is 23.7 Å². The molecule has 2 rings (SSSR count). The van der Waals surface area contributed by atoms with Gasteiger partial charge in [0.25, 0.3) is 5.91 Å². The molecule has 0 spiro atoms. The van der Waals surface area contributed by atoms with Gasteiger partial charge in [-0.2, -0.15) is 0 Å². The van der Waals surface area contributed by atoms with E-state index in [0.717, 1.165) is 5.56 Å². The number of carbonyl (C=O) groups excluding carboxylic acids is 1. The van der Waals surface area contributed by atoms with E-state index in [1.807, 2.05) is 6.92 Å². The highest BCUT2D eigenvalue weighted by Crippen LogP contribution is 2.18. The Labute approximate surface area is 111 Å². The van der Waals surface area contributed by atoms with Crippen molar-refractivity contribution < 1.29 is 14.6 Å². The first kappa shape index (κ1) is 13.3. The second-order valence-corrected chi connectivity index (χ2v) is 4.82. The maximum atomic E-state index is 12.3. The lowest BCUT2D eigenvalue weighted by atomic mass is 10.1. The third kappa shape index (κ3) is 2.83. The molecular formula is C13H16ClNO3. The predicted octanol–water partition coefficient (Wildman–Crippen LogP) is 1.48. The summed E-state index contributed by atoms with van der Waals surface area (Å²) in [4.78, 5) is 14.0. The summed E-state index contributed by atoms with van der Waals surface area (Å²) in [5, 5.41) is 9.70. The molecule has 1 heterocycles. The first-order valence-corrected chi connectivity index (χ1v) is 6.27. The van der Waals surface area contributed by atoms with E-state index in [9.17, 15) is 4.79 Å². The molecule has 0 aromatic heterocycles. The number of aliphatic hydroxyl groups excluding tert-OH is 1. The third-order valence-corrected chi connectivity index (χ3v) is 3.28. The Hall–Kier alpha value is -1.10. The quantitative estimate of drug-likeness (QED) is 0.885. The van der Waals surface area contributed by atoms with Gasteiger partial charge in [0.05, 0.1) is 19.3 Å². The van der Waals surface area contributed by atoms with Gasteiger partial charge < -0.3 is 14.7 Å². The van der Waals surface area contributed by atoms with Crippen molar-refractivity contribution in [3.05, 3.63) is 34.3 Å². The zero-order chi connectivity index (χ0) is 13.1. The minimum absolute atomic E-state index is 0.0362. The van der Waals surface area contributed by atoms with Crippen LogP contribution in [0.5, 0.6) is 0 Å². The van der Waals surface area contributed by atoms with Crippen molar-refractivity contribution in [2.75, 3.05) is 26.3 Å². The highest BCUT2D eigenvalue weighted by molar-refractivity contribution is 6.30. The van der Waals surface area contributed by atoms with E-state index < -0.39 is 0 Å². The summed E-state index contributed by atoms with van der Waals surface area (Å²) < 4.78 is 5.33. The monoisotopic (exact) mass is 269 g/mol. The number of benzene rings is 1. The summed E-state index contributed by atoms with van der Waals surface area (Å²) in [6, 6.07) is 5.23. The van der Waals surface area contributed by atoms with Crippen LogP contribution in [0.25, 0.3) is 0 Å². The molecule has 1 N–H and O–H groups in total. The van der Waals surface area contributed by atoms with E-state index in [1.165, 1.54) is 0 Å². The van der Waals surface area contributed by atoms with Gasteiger partial charge in [-0.1, -0.05) is 11.6 Å². The van der Waals surface area contributed by atoms with Crippen molar-refractivity contribution in [3.8, 4) is 0 Å². The molecular weight excluding hydrogens is 254 g/mol. The van der Waals surface area contributed by atoms with E-state index in [0.29, 0.717) is 30.3 Å². The Balaban J connectivity index is 2.15. The second kappa shape index (κ2) is 5.69. The van der Waals surface area contributed by atoms with Crippen LogP contribution in [-0.4, -0.2) is 48.3 Å². The molecule has 1 amide bonds. The fraction of sp³-hybridized carbons (Fsp3) is 0.462. The number of ether oxygens (including phenoxy) is 1. The lowest BCUT2D eigenvalue weighted by Crippen LogP contribution is -2.47. The summed E-state index contributed by atoms with van der Waals surface area (Å²) >= 11 is 5.88. The van der Waals surface area contributed by atoms with E-state index in [1.54, 1.807) is 23.1 Å². The zero-order valence-corrected chi connectivity index (χ0v) is 11.0. The number of hydrogen-bond acceptors (Lipinski definition) is 3. The van der Waals surface area contributed by atoms with Gasteiger partial charge in [0.15, 0.2) is 0 Å². The average molecular weight is 270 g/mol. The van der Waals surface area contributed by atoms with Crippen LogP contribution < -0.4 is 0 Å². The zero-order valence-electron chi connectivity index (χ0n) is 10.2. The van der Waals surface area contributed by atoms with Crippen LogP contribution >= 0.6 is 11.6 Å². The first-order chi connectivity index (χ1) is 8.61. The van der Waals surface area contributed by atoms with Gasteiger partial charge in [0.2, 0.25) is 0 Å². The number of aryl methyl sites for hydroxylation is 1. The minimum Gasteiger partial charge on any atom is -0.394 e. The van der Waals surface area contributed by atoms with Crippen LogP contribution in [0.1, 0.15) is 15.9 Å². The van der Waals surface area contributed by atoms with Crippen LogP contribution in [0.15, 0.2) is 18.2 Å². The average Bonchev–Trinajstić information content (AvgIpc) is 2.38. The highest BCUT2D eigenvalue weighted by Gasteiger charge is 2.25. The maximum Gasteiger partial charge on any atom is 0.254 e. The summed E-state index contributed by atoms with van der Waals surface area (Å²) in [7, 11) is 0. The number of hydrogen-bond donors (Lipinski definition) is 1. The highest BCUT2D eigenvalue weighted by atomic mass is 35.5. The van der Waals surface area contributed by atoms with Gasteiger partial charge in [0.1, 0.15) is 0 Å². The normalized spacial score (nSPS) is 19.9. The fourth-order valence-electron chi connectivity index (χ4n) is 2.05. The molecule has 0 radical (unpaired) electrons. The largest absolute Gasteiger partial charge is 0.394 e. The summed E-state index contributed by atoms with van der Waals surface area (Å²) in [5.74, 6) is -0.0362. The van der Waals surface area contributed by atoms with Gasteiger partial charge in [-0.3, -0.25) is 4.79 Å². The van der Waals surface area contributed by atoms with Crippen LogP contribution in [-0.2, 0) is 4.74 Å². The van der Waals surface area contributed by atoms with Crippen LogP contribution in [0, 0.1) is 6.92 Å². The molecule has 1 unspecified atom stereocenters. The van der Waals surface area contributed by atoms with Crippen LogP contribution in [0.2, 0.25) is 5.02 Å². The van der Waals surface area contributed by atoms with Crippen LogP contribution in [0.3, 0.4) is 0 Å². The Morgan fingerprint density at radius 1 is 1.61 bits per heavy atom. The van der Waals surface area contributed by atoms with Crippen molar-refractivity contribution in [2.45, 2.75) is 13.0 Å². The molecule has 0 bridgehead atoms. The summed E-state index contributed by atoms with van der Waals surface area (Å²) in [5.41, 5.74) is 1.51. The van der Waals surface area contributed by atoms with E-state index in [4.69, 9.17) is 21.4 Å². The SMILES string of the molecule is Cc1cc(Cl)ccc1C(=O)N1CCOC(CO)C1. The number of rotatable bonds is 2. The fourth-order valence-corrected chi connectivity index (χ4v) is 2.28. The molecule has 1 saturated heterocycles. The number of morpholine rings is 1. The molecule has 0 aliphatic carbocycles. The molecule has 4 nitrogen and oxygen atoms in total. The summed E-state index contributed by atoms with van der Waals surface area (Å²) in [6.07, 6.45) is -0.282. The van der Waals surface area contributed by atoms with Crippen molar-refractivity contribution in [1.29, 1.82) is 0 Å². The lowest BCUT2D eigenvalue weighted by Gasteiger charge is -2.32. The second-order valence-electron chi connectivity index (χ2n) is 4.39. The van der Waals surface area contributed by atoms with Gasteiger partial charge in [-0.15, -0.1) is 0 Å². The molecule has 1 aliphatic heterocycles. The van der Waals surface area contributed by atoms with Crippen LogP contribution in [0.4, 0.5) is 0 Å². The van der Waals surface area contributed by atoms with Gasteiger partial charge in [-0.25, -0.2) is 0 Å². The molecule has 98 valence electrons. The number of carbonyl (C=O) groups is 1. The Kier molecular flexibility index (Phi) is 4.22. The molecule has 1 atom stereocenters. The number of nitrogens with zero attached hydrogens (tertiary/aromatic N) is 1. The maximum absolute atomic E-state index is 12.3. The minimum atomic E-state index is -0.282. The van der Waals surface area contributed by atoms with E-state index in [2.05, 4.69) is 0 Å². The van der Waals surface area contributed by atoms with Crippen molar-refractivity contribution in [1.82, 2.24) is 4.90 Å². The van der Waals surface area contributed by atoms with E-state index in [-0.39, 0.29) is 18.6 Å². The summed E-state index contributed by atoms with van der Waals surface area (Å²) in [6.45, 7) is 3.24. The molecule has 0 saturated carbocycles. The molecule has 1 aromatic carbocycles. The lowest BCUT2D eigenvalue weighted by molar-refractivity contribution is -0.0447. The first-order valence-electron chi connectivity index (χ1n) is 5.89. The number of aliphatic hydroxyl groups is 1. The predicted molar refractivity (Wildman–Crippen MR) is 68.9 cm³/mol. The number of amides is 1. The number of halogens is 1. The Morgan fingerprint density at radius 3 is 3.06 bits per heavy atom. The Morgan fingerprint density at radius 2 is 2.39 bits per heavy atom. The third-order valence-electron chi connectivity index (χ3n) is 3.05. The van der Waals surface area contributed by atoms with Crippen molar-refractivity contribution in [2.24, 2.45) is 0 Å². The Bertz CT molecular complexity index is 450. The standard InChI is InChI=1S/C13H16ClNO3/c1-9-6-10(14)2-3-12(9)13(17)15-4-5-18-11(7-15)8-16/h2-3,6,11,16H,4-5,7-8H2,1H3.